The van der Waals surface area contributed by atoms with Gasteiger partial charge in [-0.1, -0.05) is 30.3 Å². The Kier molecular flexibility index (Phi) is 4.49. The first-order valence-electron chi connectivity index (χ1n) is 8.95. The average Bonchev–Trinajstić information content (AvgIpc) is 3.04. The highest BCUT2D eigenvalue weighted by atomic mass is 19.4. The first-order chi connectivity index (χ1) is 12.5. The van der Waals surface area contributed by atoms with Gasteiger partial charge in [-0.05, 0) is 67.1 Å². The van der Waals surface area contributed by atoms with E-state index in [1.807, 2.05) is 12.1 Å². The third-order valence-corrected chi connectivity index (χ3v) is 5.28. The number of nitrogens with zero attached hydrogens (tertiary/aromatic N) is 1. The molecule has 2 heterocycles. The predicted molar refractivity (Wildman–Crippen MR) is 97.0 cm³/mol. The van der Waals surface area contributed by atoms with E-state index in [4.69, 9.17) is 0 Å². The molecule has 1 aromatic heterocycles. The van der Waals surface area contributed by atoms with Crippen molar-refractivity contribution < 1.29 is 13.2 Å². The number of likely N-dealkylation sites (tertiary alicyclic amines) is 1. The normalized spacial score (nSPS) is 17.0. The number of rotatable bonds is 3. The lowest BCUT2D eigenvalue weighted by atomic mass is 9.89. The van der Waals surface area contributed by atoms with E-state index in [1.54, 1.807) is 12.1 Å². The third-order valence-electron chi connectivity index (χ3n) is 5.28. The summed E-state index contributed by atoms with van der Waals surface area (Å²) in [6, 6.07) is 16.1. The van der Waals surface area contributed by atoms with Crippen molar-refractivity contribution in [3.8, 4) is 0 Å². The largest absolute Gasteiger partial charge is 0.416 e. The van der Waals surface area contributed by atoms with Crippen LogP contribution in [0.2, 0.25) is 0 Å². The van der Waals surface area contributed by atoms with E-state index < -0.39 is 11.7 Å². The molecule has 0 spiro atoms. The topological polar surface area (TPSA) is 19.0 Å². The Balaban J connectivity index is 1.36. The van der Waals surface area contributed by atoms with Crippen molar-refractivity contribution in [3.63, 3.8) is 0 Å². The van der Waals surface area contributed by atoms with Crippen LogP contribution in [0.5, 0.6) is 0 Å². The van der Waals surface area contributed by atoms with Crippen LogP contribution in [0.25, 0.3) is 10.9 Å². The number of halogens is 3. The maximum absolute atomic E-state index is 12.7. The lowest BCUT2D eigenvalue weighted by molar-refractivity contribution is -0.137. The second kappa shape index (κ2) is 6.80. The van der Waals surface area contributed by atoms with Crippen LogP contribution >= 0.6 is 0 Å². The maximum atomic E-state index is 12.7. The standard InChI is InChI=1S/C21H21F3N2/c22-21(23,24)18-7-5-15(6-8-18)16-9-11-26(12-10-16)14-19-13-17-3-1-2-4-20(17)25-19/h1-8,13,16,25H,9-12,14H2. The Labute approximate surface area is 150 Å². The fourth-order valence-corrected chi connectivity index (χ4v) is 3.83. The summed E-state index contributed by atoms with van der Waals surface area (Å²) in [5.41, 5.74) is 2.81. The third kappa shape index (κ3) is 3.63. The van der Waals surface area contributed by atoms with E-state index in [-0.39, 0.29) is 0 Å². The minimum absolute atomic E-state index is 0.344. The summed E-state index contributed by atoms with van der Waals surface area (Å²) >= 11 is 0. The summed E-state index contributed by atoms with van der Waals surface area (Å²) in [6.07, 6.45) is -2.31. The summed E-state index contributed by atoms with van der Waals surface area (Å²) in [6.45, 7) is 2.80. The van der Waals surface area contributed by atoms with Gasteiger partial charge in [0.2, 0.25) is 0 Å². The molecule has 0 atom stereocenters. The number of piperidine rings is 1. The van der Waals surface area contributed by atoms with E-state index in [2.05, 4.69) is 28.1 Å². The van der Waals surface area contributed by atoms with Crippen molar-refractivity contribution >= 4 is 10.9 Å². The number of benzene rings is 2. The van der Waals surface area contributed by atoms with Gasteiger partial charge < -0.3 is 4.98 Å². The van der Waals surface area contributed by atoms with Gasteiger partial charge in [0.25, 0.3) is 0 Å². The smallest absolute Gasteiger partial charge is 0.357 e. The van der Waals surface area contributed by atoms with Gasteiger partial charge in [0, 0.05) is 17.8 Å². The molecule has 1 aliphatic heterocycles. The van der Waals surface area contributed by atoms with E-state index in [0.717, 1.165) is 43.6 Å². The number of fused-ring (bicyclic) bond motifs is 1. The maximum Gasteiger partial charge on any atom is 0.416 e. The molecule has 0 bridgehead atoms. The molecule has 1 N–H and O–H groups in total. The van der Waals surface area contributed by atoms with Crippen molar-refractivity contribution in [1.82, 2.24) is 9.88 Å². The molecule has 0 aliphatic carbocycles. The molecule has 0 saturated carbocycles. The summed E-state index contributed by atoms with van der Waals surface area (Å²) in [5, 5.41) is 1.22. The molecule has 1 fully saturated rings. The Morgan fingerprint density at radius 2 is 1.65 bits per heavy atom. The number of alkyl halides is 3. The molecule has 5 heteroatoms. The minimum atomic E-state index is -4.26. The molecule has 0 amide bonds. The lowest BCUT2D eigenvalue weighted by Gasteiger charge is -2.32. The van der Waals surface area contributed by atoms with Crippen LogP contribution < -0.4 is 0 Å². The van der Waals surface area contributed by atoms with E-state index in [0.29, 0.717) is 5.92 Å². The van der Waals surface area contributed by atoms with Crippen LogP contribution in [0.1, 0.15) is 35.6 Å². The second-order valence-electron chi connectivity index (χ2n) is 7.05. The first kappa shape index (κ1) is 17.2. The van der Waals surface area contributed by atoms with E-state index in [1.165, 1.54) is 23.2 Å². The average molecular weight is 358 g/mol. The van der Waals surface area contributed by atoms with Crippen molar-refractivity contribution in [2.24, 2.45) is 0 Å². The van der Waals surface area contributed by atoms with Gasteiger partial charge in [0.15, 0.2) is 0 Å². The van der Waals surface area contributed by atoms with Gasteiger partial charge in [-0.15, -0.1) is 0 Å². The van der Waals surface area contributed by atoms with Crippen molar-refractivity contribution in [2.45, 2.75) is 31.5 Å². The van der Waals surface area contributed by atoms with Crippen molar-refractivity contribution in [2.75, 3.05) is 13.1 Å². The SMILES string of the molecule is FC(F)(F)c1ccc(C2CCN(Cc3cc4ccccc4[nH]3)CC2)cc1. The number of aromatic amines is 1. The van der Waals surface area contributed by atoms with Gasteiger partial charge in [0.1, 0.15) is 0 Å². The molecule has 26 heavy (non-hydrogen) atoms. The molecular formula is C21H21F3N2. The van der Waals surface area contributed by atoms with Crippen LogP contribution in [-0.4, -0.2) is 23.0 Å². The van der Waals surface area contributed by atoms with Gasteiger partial charge in [0.05, 0.1) is 5.56 Å². The van der Waals surface area contributed by atoms with Crippen molar-refractivity contribution in [3.05, 3.63) is 71.4 Å². The highest BCUT2D eigenvalue weighted by molar-refractivity contribution is 5.80. The summed E-state index contributed by atoms with van der Waals surface area (Å²) in [4.78, 5) is 5.87. The van der Waals surface area contributed by atoms with Crippen LogP contribution in [0.4, 0.5) is 13.2 Å². The monoisotopic (exact) mass is 358 g/mol. The lowest BCUT2D eigenvalue weighted by Crippen LogP contribution is -2.32. The van der Waals surface area contributed by atoms with Gasteiger partial charge in [-0.25, -0.2) is 0 Å². The fourth-order valence-electron chi connectivity index (χ4n) is 3.83. The molecule has 2 nitrogen and oxygen atoms in total. The number of para-hydroxylation sites is 1. The van der Waals surface area contributed by atoms with E-state index in [9.17, 15) is 13.2 Å². The molecule has 136 valence electrons. The van der Waals surface area contributed by atoms with Gasteiger partial charge >= 0.3 is 6.18 Å². The fraction of sp³-hybridized carbons (Fsp3) is 0.333. The molecule has 1 aliphatic rings. The molecule has 1 saturated heterocycles. The van der Waals surface area contributed by atoms with Crippen LogP contribution in [0.15, 0.2) is 54.6 Å². The molecular weight excluding hydrogens is 337 g/mol. The highest BCUT2D eigenvalue weighted by Crippen LogP contribution is 2.33. The number of aromatic nitrogens is 1. The number of hydrogen-bond donors (Lipinski definition) is 1. The number of hydrogen-bond acceptors (Lipinski definition) is 1. The predicted octanol–water partition coefficient (Wildman–Crippen LogP) is 5.57. The molecule has 4 rings (SSSR count). The second-order valence-corrected chi connectivity index (χ2v) is 7.05. The summed E-state index contributed by atoms with van der Waals surface area (Å²) in [7, 11) is 0. The molecule has 3 aromatic rings. The highest BCUT2D eigenvalue weighted by Gasteiger charge is 2.30. The summed E-state index contributed by atoms with van der Waals surface area (Å²) < 4.78 is 38.1. The first-order valence-corrected chi connectivity index (χ1v) is 8.95. The Hall–Kier alpha value is -2.27. The molecule has 0 unspecified atom stereocenters. The van der Waals surface area contributed by atoms with Crippen LogP contribution in [0.3, 0.4) is 0 Å². The Morgan fingerprint density at radius 1 is 0.962 bits per heavy atom. The zero-order chi connectivity index (χ0) is 18.1. The van der Waals surface area contributed by atoms with Gasteiger partial charge in [-0.2, -0.15) is 13.2 Å². The van der Waals surface area contributed by atoms with Gasteiger partial charge in [-0.3, -0.25) is 4.90 Å². The molecule has 2 aromatic carbocycles. The van der Waals surface area contributed by atoms with Crippen LogP contribution in [-0.2, 0) is 12.7 Å². The zero-order valence-corrected chi connectivity index (χ0v) is 14.4. The summed E-state index contributed by atoms with van der Waals surface area (Å²) in [5.74, 6) is 0.344. The van der Waals surface area contributed by atoms with E-state index >= 15 is 0 Å². The molecule has 0 radical (unpaired) electrons. The number of nitrogens with one attached hydrogen (secondary N) is 1. The van der Waals surface area contributed by atoms with Crippen molar-refractivity contribution in [1.29, 1.82) is 0 Å². The Bertz CT molecular complexity index is 839. The quantitative estimate of drug-likeness (QED) is 0.649. The minimum Gasteiger partial charge on any atom is -0.357 e. The Morgan fingerprint density at radius 3 is 2.31 bits per heavy atom. The van der Waals surface area contributed by atoms with Crippen LogP contribution in [0, 0.1) is 0 Å². The number of H-pyrrole nitrogens is 1. The zero-order valence-electron chi connectivity index (χ0n) is 14.4.